The molecule has 1 aromatic rings. The number of carbonyl (C=O) groups is 1. The Morgan fingerprint density at radius 3 is 2.47 bits per heavy atom. The first kappa shape index (κ1) is 11.7. The SMILES string of the molecule is Cc1cccnc1C(=O)N(C)C(C)(C)C. The second-order valence-corrected chi connectivity index (χ2v) is 4.70. The van der Waals surface area contributed by atoms with Gasteiger partial charge in [0.05, 0.1) is 0 Å². The summed E-state index contributed by atoms with van der Waals surface area (Å²) in [6, 6.07) is 3.74. The number of carbonyl (C=O) groups excluding carboxylic acids is 1. The lowest BCUT2D eigenvalue weighted by Gasteiger charge is -2.32. The van der Waals surface area contributed by atoms with E-state index in [9.17, 15) is 4.79 Å². The van der Waals surface area contributed by atoms with Gasteiger partial charge in [0.2, 0.25) is 0 Å². The van der Waals surface area contributed by atoms with E-state index in [1.165, 1.54) is 0 Å². The normalized spacial score (nSPS) is 11.3. The lowest BCUT2D eigenvalue weighted by Crippen LogP contribution is -2.43. The molecule has 82 valence electrons. The molecule has 3 nitrogen and oxygen atoms in total. The van der Waals surface area contributed by atoms with E-state index < -0.39 is 0 Å². The van der Waals surface area contributed by atoms with Gasteiger partial charge in [0.15, 0.2) is 0 Å². The van der Waals surface area contributed by atoms with Crippen molar-refractivity contribution in [1.82, 2.24) is 9.88 Å². The number of rotatable bonds is 1. The minimum Gasteiger partial charge on any atom is -0.336 e. The highest BCUT2D eigenvalue weighted by Gasteiger charge is 2.24. The van der Waals surface area contributed by atoms with Crippen molar-refractivity contribution in [1.29, 1.82) is 0 Å². The number of aromatic nitrogens is 1. The van der Waals surface area contributed by atoms with Crippen molar-refractivity contribution >= 4 is 5.91 Å². The molecular formula is C12H18N2O. The number of amides is 1. The van der Waals surface area contributed by atoms with Crippen LogP contribution in [-0.4, -0.2) is 28.4 Å². The molecule has 3 heteroatoms. The first-order chi connectivity index (χ1) is 6.84. The van der Waals surface area contributed by atoms with Gasteiger partial charge in [-0.2, -0.15) is 0 Å². The molecular weight excluding hydrogens is 188 g/mol. The molecule has 15 heavy (non-hydrogen) atoms. The molecule has 0 bridgehead atoms. The molecule has 0 spiro atoms. The molecule has 0 aliphatic carbocycles. The Kier molecular flexibility index (Phi) is 3.12. The van der Waals surface area contributed by atoms with Crippen LogP contribution < -0.4 is 0 Å². The number of nitrogens with zero attached hydrogens (tertiary/aromatic N) is 2. The van der Waals surface area contributed by atoms with E-state index >= 15 is 0 Å². The van der Waals surface area contributed by atoms with Gasteiger partial charge in [-0.1, -0.05) is 6.07 Å². The van der Waals surface area contributed by atoms with Gasteiger partial charge in [-0.3, -0.25) is 9.78 Å². The van der Waals surface area contributed by atoms with Crippen LogP contribution in [0.4, 0.5) is 0 Å². The highest BCUT2D eigenvalue weighted by atomic mass is 16.2. The van der Waals surface area contributed by atoms with E-state index in [0.29, 0.717) is 5.69 Å². The van der Waals surface area contributed by atoms with E-state index in [2.05, 4.69) is 4.98 Å². The van der Waals surface area contributed by atoms with Crippen LogP contribution in [0.15, 0.2) is 18.3 Å². The van der Waals surface area contributed by atoms with Gasteiger partial charge < -0.3 is 4.90 Å². The Balaban J connectivity index is 3.01. The van der Waals surface area contributed by atoms with E-state index in [0.717, 1.165) is 5.56 Å². The van der Waals surface area contributed by atoms with Gasteiger partial charge in [-0.25, -0.2) is 0 Å². The summed E-state index contributed by atoms with van der Waals surface area (Å²) >= 11 is 0. The fraction of sp³-hybridized carbons (Fsp3) is 0.500. The standard InChI is InChI=1S/C12H18N2O/c1-9-7-6-8-13-10(9)11(15)14(5)12(2,3)4/h6-8H,1-5H3. The molecule has 0 aliphatic rings. The number of aryl methyl sites for hydroxylation is 1. The summed E-state index contributed by atoms with van der Waals surface area (Å²) in [7, 11) is 1.80. The highest BCUT2D eigenvalue weighted by Crippen LogP contribution is 2.15. The molecule has 0 saturated carbocycles. The van der Waals surface area contributed by atoms with Crippen LogP contribution in [0.3, 0.4) is 0 Å². The van der Waals surface area contributed by atoms with Crippen molar-refractivity contribution in [3.8, 4) is 0 Å². The van der Waals surface area contributed by atoms with Crippen molar-refractivity contribution in [2.45, 2.75) is 33.2 Å². The molecule has 0 aromatic carbocycles. The highest BCUT2D eigenvalue weighted by molar-refractivity contribution is 5.93. The van der Waals surface area contributed by atoms with Crippen molar-refractivity contribution in [2.24, 2.45) is 0 Å². The van der Waals surface area contributed by atoms with Gasteiger partial charge in [0.1, 0.15) is 5.69 Å². The Bertz CT molecular complexity index is 366. The number of hydrogen-bond acceptors (Lipinski definition) is 2. The van der Waals surface area contributed by atoms with Crippen molar-refractivity contribution in [2.75, 3.05) is 7.05 Å². The third-order valence-corrected chi connectivity index (χ3v) is 2.52. The topological polar surface area (TPSA) is 33.2 Å². The summed E-state index contributed by atoms with van der Waals surface area (Å²) in [5, 5.41) is 0. The molecule has 0 fully saturated rings. The lowest BCUT2D eigenvalue weighted by atomic mass is 10.1. The Morgan fingerprint density at radius 1 is 1.40 bits per heavy atom. The summed E-state index contributed by atoms with van der Waals surface area (Å²) in [6.07, 6.45) is 1.65. The Morgan fingerprint density at radius 2 is 2.00 bits per heavy atom. The second kappa shape index (κ2) is 4.01. The number of hydrogen-bond donors (Lipinski definition) is 0. The first-order valence-electron chi connectivity index (χ1n) is 5.04. The second-order valence-electron chi connectivity index (χ2n) is 4.70. The minimum atomic E-state index is -0.180. The quantitative estimate of drug-likeness (QED) is 0.706. The van der Waals surface area contributed by atoms with Crippen molar-refractivity contribution in [3.05, 3.63) is 29.6 Å². The van der Waals surface area contributed by atoms with Crippen LogP contribution in [0, 0.1) is 6.92 Å². The molecule has 1 amide bonds. The molecule has 0 N–H and O–H groups in total. The predicted octanol–water partition coefficient (Wildman–Crippen LogP) is 2.26. The van der Waals surface area contributed by atoms with Gasteiger partial charge in [-0.05, 0) is 39.3 Å². The molecule has 0 aliphatic heterocycles. The zero-order chi connectivity index (χ0) is 11.6. The van der Waals surface area contributed by atoms with Crippen LogP contribution >= 0.6 is 0 Å². The zero-order valence-electron chi connectivity index (χ0n) is 10.0. The summed E-state index contributed by atoms with van der Waals surface area (Å²) in [4.78, 5) is 17.9. The van der Waals surface area contributed by atoms with Gasteiger partial charge in [-0.15, -0.1) is 0 Å². The smallest absolute Gasteiger partial charge is 0.272 e. The van der Waals surface area contributed by atoms with Crippen LogP contribution in [0.25, 0.3) is 0 Å². The Labute approximate surface area is 91.1 Å². The van der Waals surface area contributed by atoms with E-state index in [1.54, 1.807) is 18.1 Å². The largest absolute Gasteiger partial charge is 0.336 e. The number of pyridine rings is 1. The summed E-state index contributed by atoms with van der Waals surface area (Å²) in [5.74, 6) is -0.0272. The van der Waals surface area contributed by atoms with E-state index in [4.69, 9.17) is 0 Å². The maximum atomic E-state index is 12.1. The molecule has 0 radical (unpaired) electrons. The maximum Gasteiger partial charge on any atom is 0.272 e. The monoisotopic (exact) mass is 206 g/mol. The van der Waals surface area contributed by atoms with Crippen molar-refractivity contribution in [3.63, 3.8) is 0 Å². The Hall–Kier alpha value is -1.38. The molecule has 1 rings (SSSR count). The fourth-order valence-electron chi connectivity index (χ4n) is 1.17. The maximum absolute atomic E-state index is 12.1. The van der Waals surface area contributed by atoms with Gasteiger partial charge in [0, 0.05) is 18.8 Å². The van der Waals surface area contributed by atoms with Crippen LogP contribution in [0.2, 0.25) is 0 Å². The summed E-state index contributed by atoms with van der Waals surface area (Å²) in [6.45, 7) is 7.91. The van der Waals surface area contributed by atoms with Crippen molar-refractivity contribution < 1.29 is 4.79 Å². The van der Waals surface area contributed by atoms with Crippen LogP contribution in [0.1, 0.15) is 36.8 Å². The van der Waals surface area contributed by atoms with Gasteiger partial charge >= 0.3 is 0 Å². The average Bonchev–Trinajstić information content (AvgIpc) is 2.15. The average molecular weight is 206 g/mol. The molecule has 0 saturated heterocycles. The molecule has 1 heterocycles. The third kappa shape index (κ3) is 2.55. The minimum absolute atomic E-state index is 0.0272. The molecule has 0 unspecified atom stereocenters. The van der Waals surface area contributed by atoms with Crippen LogP contribution in [-0.2, 0) is 0 Å². The van der Waals surface area contributed by atoms with Crippen LogP contribution in [0.5, 0.6) is 0 Å². The molecule has 1 aromatic heterocycles. The third-order valence-electron chi connectivity index (χ3n) is 2.52. The molecule has 0 atom stereocenters. The summed E-state index contributed by atoms with van der Waals surface area (Å²) in [5.41, 5.74) is 1.27. The predicted molar refractivity (Wildman–Crippen MR) is 60.8 cm³/mol. The fourth-order valence-corrected chi connectivity index (χ4v) is 1.17. The zero-order valence-corrected chi connectivity index (χ0v) is 10.0. The lowest BCUT2D eigenvalue weighted by molar-refractivity contribution is 0.0649. The summed E-state index contributed by atoms with van der Waals surface area (Å²) < 4.78 is 0. The van der Waals surface area contributed by atoms with E-state index in [-0.39, 0.29) is 11.4 Å². The first-order valence-corrected chi connectivity index (χ1v) is 5.04. The van der Waals surface area contributed by atoms with E-state index in [1.807, 2.05) is 39.8 Å². The van der Waals surface area contributed by atoms with Gasteiger partial charge in [0.25, 0.3) is 5.91 Å².